The second-order valence-corrected chi connectivity index (χ2v) is 5.22. The summed E-state index contributed by atoms with van der Waals surface area (Å²) in [4.78, 5) is 11.1. The van der Waals surface area contributed by atoms with Gasteiger partial charge in [-0.15, -0.1) is 0 Å². The number of nitrogens with one attached hydrogen (secondary N) is 2. The van der Waals surface area contributed by atoms with Gasteiger partial charge in [-0.05, 0) is 37.5 Å². The van der Waals surface area contributed by atoms with Crippen LogP contribution < -0.4 is 5.32 Å². The van der Waals surface area contributed by atoms with E-state index in [1.54, 1.807) is 6.20 Å². The lowest BCUT2D eigenvalue weighted by Gasteiger charge is -2.28. The lowest BCUT2D eigenvalue weighted by molar-refractivity contribution is -0.142. The molecular formula is C14H17N3O2. The molecule has 0 amide bonds. The zero-order valence-corrected chi connectivity index (χ0v) is 10.6. The first kappa shape index (κ1) is 12.0. The van der Waals surface area contributed by atoms with E-state index in [9.17, 15) is 4.79 Å². The standard InChI is InChI=1S/C14H17N3O2/c18-14(19)9-2-1-3-11(6-9)16-12-4-5-13-10(7-12)8-15-17-13/h4-5,7-9,11,16H,1-3,6H2,(H,15,17)(H,18,19). The van der Waals surface area contributed by atoms with Crippen LogP contribution in [-0.2, 0) is 4.79 Å². The first-order valence-corrected chi connectivity index (χ1v) is 6.65. The summed E-state index contributed by atoms with van der Waals surface area (Å²) in [5.74, 6) is -0.874. The summed E-state index contributed by atoms with van der Waals surface area (Å²) < 4.78 is 0. The second kappa shape index (κ2) is 4.91. The molecule has 1 fully saturated rings. The number of aromatic amines is 1. The van der Waals surface area contributed by atoms with E-state index < -0.39 is 5.97 Å². The smallest absolute Gasteiger partial charge is 0.306 e. The Morgan fingerprint density at radius 2 is 2.32 bits per heavy atom. The van der Waals surface area contributed by atoms with Gasteiger partial charge in [0.2, 0.25) is 0 Å². The van der Waals surface area contributed by atoms with Gasteiger partial charge in [0.25, 0.3) is 0 Å². The number of hydrogen-bond donors (Lipinski definition) is 3. The molecule has 5 nitrogen and oxygen atoms in total. The van der Waals surface area contributed by atoms with E-state index in [1.165, 1.54) is 0 Å². The number of carboxylic acid groups (broad SMARTS) is 1. The third kappa shape index (κ3) is 2.54. The minimum Gasteiger partial charge on any atom is -0.481 e. The highest BCUT2D eigenvalue weighted by atomic mass is 16.4. The molecule has 1 aliphatic carbocycles. The summed E-state index contributed by atoms with van der Waals surface area (Å²) in [6.07, 6.45) is 5.31. The van der Waals surface area contributed by atoms with Gasteiger partial charge in [0, 0.05) is 17.1 Å². The quantitative estimate of drug-likeness (QED) is 0.791. The Morgan fingerprint density at radius 1 is 1.42 bits per heavy atom. The van der Waals surface area contributed by atoms with Crippen molar-refractivity contribution in [2.45, 2.75) is 31.7 Å². The summed E-state index contributed by atoms with van der Waals surface area (Å²) >= 11 is 0. The number of anilines is 1. The van der Waals surface area contributed by atoms with Crippen LogP contribution in [0.1, 0.15) is 25.7 Å². The van der Waals surface area contributed by atoms with Crippen molar-refractivity contribution in [2.75, 3.05) is 5.32 Å². The maximum absolute atomic E-state index is 11.1. The van der Waals surface area contributed by atoms with Gasteiger partial charge in [0.15, 0.2) is 0 Å². The molecule has 0 spiro atoms. The molecule has 0 saturated heterocycles. The van der Waals surface area contributed by atoms with Gasteiger partial charge in [0.1, 0.15) is 0 Å². The van der Waals surface area contributed by atoms with Crippen LogP contribution in [0, 0.1) is 5.92 Å². The van der Waals surface area contributed by atoms with Gasteiger partial charge in [0.05, 0.1) is 17.6 Å². The van der Waals surface area contributed by atoms with Crippen molar-refractivity contribution in [3.8, 4) is 0 Å². The maximum Gasteiger partial charge on any atom is 0.306 e. The number of hydrogen-bond acceptors (Lipinski definition) is 3. The molecule has 3 rings (SSSR count). The van der Waals surface area contributed by atoms with E-state index in [2.05, 4.69) is 15.5 Å². The third-order valence-corrected chi connectivity index (χ3v) is 3.83. The summed E-state index contributed by atoms with van der Waals surface area (Å²) in [5, 5.41) is 20.5. The van der Waals surface area contributed by atoms with Gasteiger partial charge in [-0.2, -0.15) is 5.10 Å². The molecule has 0 radical (unpaired) electrons. The van der Waals surface area contributed by atoms with Gasteiger partial charge in [-0.1, -0.05) is 6.42 Å². The molecule has 0 aliphatic heterocycles. The van der Waals surface area contributed by atoms with Crippen molar-refractivity contribution in [1.82, 2.24) is 10.2 Å². The van der Waals surface area contributed by atoms with Gasteiger partial charge in [-0.3, -0.25) is 9.89 Å². The molecule has 1 aliphatic rings. The van der Waals surface area contributed by atoms with Crippen LogP contribution >= 0.6 is 0 Å². The summed E-state index contributed by atoms with van der Waals surface area (Å²) in [6.45, 7) is 0. The monoisotopic (exact) mass is 259 g/mol. The van der Waals surface area contributed by atoms with Crippen LogP contribution in [0.25, 0.3) is 10.9 Å². The normalized spacial score (nSPS) is 23.4. The molecule has 2 atom stereocenters. The van der Waals surface area contributed by atoms with Crippen LogP contribution in [0.2, 0.25) is 0 Å². The van der Waals surface area contributed by atoms with E-state index >= 15 is 0 Å². The van der Waals surface area contributed by atoms with E-state index in [1.807, 2.05) is 18.2 Å². The zero-order valence-electron chi connectivity index (χ0n) is 10.6. The Labute approximate surface area is 111 Å². The van der Waals surface area contributed by atoms with E-state index in [0.717, 1.165) is 35.9 Å². The first-order valence-electron chi connectivity index (χ1n) is 6.65. The summed E-state index contributed by atoms with van der Waals surface area (Å²) in [7, 11) is 0. The third-order valence-electron chi connectivity index (χ3n) is 3.83. The van der Waals surface area contributed by atoms with E-state index in [4.69, 9.17) is 5.11 Å². The van der Waals surface area contributed by atoms with Crippen LogP contribution in [0.4, 0.5) is 5.69 Å². The van der Waals surface area contributed by atoms with Crippen LogP contribution in [-0.4, -0.2) is 27.3 Å². The Hall–Kier alpha value is -2.04. The SMILES string of the molecule is O=C(O)C1CCCC(Nc2ccc3[nH]ncc3c2)C1. The second-order valence-electron chi connectivity index (χ2n) is 5.22. The van der Waals surface area contributed by atoms with Crippen molar-refractivity contribution in [1.29, 1.82) is 0 Å². The lowest BCUT2D eigenvalue weighted by Crippen LogP contribution is -2.30. The molecule has 3 N–H and O–H groups in total. The van der Waals surface area contributed by atoms with Gasteiger partial charge < -0.3 is 10.4 Å². The number of fused-ring (bicyclic) bond motifs is 1. The molecule has 19 heavy (non-hydrogen) atoms. The van der Waals surface area contributed by atoms with E-state index in [-0.39, 0.29) is 12.0 Å². The van der Waals surface area contributed by atoms with Gasteiger partial charge in [-0.25, -0.2) is 0 Å². The van der Waals surface area contributed by atoms with Crippen LogP contribution in [0.3, 0.4) is 0 Å². The molecule has 2 unspecified atom stereocenters. The minimum atomic E-state index is -0.670. The fourth-order valence-corrected chi connectivity index (χ4v) is 2.81. The van der Waals surface area contributed by atoms with Crippen molar-refractivity contribution in [3.05, 3.63) is 24.4 Å². The number of benzene rings is 1. The molecule has 1 saturated carbocycles. The molecule has 2 aromatic rings. The molecule has 1 aromatic heterocycles. The molecule has 1 aromatic carbocycles. The zero-order chi connectivity index (χ0) is 13.2. The highest BCUT2D eigenvalue weighted by Crippen LogP contribution is 2.27. The Bertz CT molecular complexity index is 593. The molecule has 5 heteroatoms. The fraction of sp³-hybridized carbons (Fsp3) is 0.429. The number of H-pyrrole nitrogens is 1. The number of carboxylic acids is 1. The van der Waals surface area contributed by atoms with Crippen molar-refractivity contribution >= 4 is 22.6 Å². The highest BCUT2D eigenvalue weighted by Gasteiger charge is 2.26. The average molecular weight is 259 g/mol. The number of rotatable bonds is 3. The fourth-order valence-electron chi connectivity index (χ4n) is 2.81. The maximum atomic E-state index is 11.1. The number of aliphatic carboxylic acids is 1. The minimum absolute atomic E-state index is 0.205. The average Bonchev–Trinajstić information content (AvgIpc) is 2.86. The summed E-state index contributed by atoms with van der Waals surface area (Å²) in [5.41, 5.74) is 2.04. The highest BCUT2D eigenvalue weighted by molar-refractivity contribution is 5.81. The van der Waals surface area contributed by atoms with Crippen LogP contribution in [0.5, 0.6) is 0 Å². The Morgan fingerprint density at radius 3 is 3.16 bits per heavy atom. The molecule has 1 heterocycles. The molecular weight excluding hydrogens is 242 g/mol. The predicted octanol–water partition coefficient (Wildman–Crippen LogP) is 2.62. The molecule has 0 bridgehead atoms. The van der Waals surface area contributed by atoms with Crippen molar-refractivity contribution in [2.24, 2.45) is 5.92 Å². The van der Waals surface area contributed by atoms with Gasteiger partial charge >= 0.3 is 5.97 Å². The predicted molar refractivity (Wildman–Crippen MR) is 73.1 cm³/mol. The lowest BCUT2D eigenvalue weighted by atomic mass is 9.85. The largest absolute Gasteiger partial charge is 0.481 e. The number of carbonyl (C=O) groups is 1. The first-order chi connectivity index (χ1) is 9.22. The van der Waals surface area contributed by atoms with Crippen molar-refractivity contribution < 1.29 is 9.90 Å². The Balaban J connectivity index is 1.71. The van der Waals surface area contributed by atoms with Crippen LogP contribution in [0.15, 0.2) is 24.4 Å². The van der Waals surface area contributed by atoms with E-state index in [0.29, 0.717) is 6.42 Å². The topological polar surface area (TPSA) is 78.0 Å². The number of aromatic nitrogens is 2. The Kier molecular flexibility index (Phi) is 3.11. The summed E-state index contributed by atoms with van der Waals surface area (Å²) in [6, 6.07) is 6.29. The number of nitrogens with zero attached hydrogens (tertiary/aromatic N) is 1. The molecule has 100 valence electrons. The van der Waals surface area contributed by atoms with Crippen molar-refractivity contribution in [3.63, 3.8) is 0 Å².